The molecule has 0 radical (unpaired) electrons. The molecule has 1 N–H and O–H groups in total. The third kappa shape index (κ3) is 2.59. The fraction of sp³-hybridized carbons (Fsp3) is 0. The Morgan fingerprint density at radius 1 is 1.33 bits per heavy atom. The van der Waals surface area contributed by atoms with Crippen molar-refractivity contribution in [1.82, 2.24) is 0 Å². The van der Waals surface area contributed by atoms with Gasteiger partial charge in [-0.3, -0.25) is 0 Å². The summed E-state index contributed by atoms with van der Waals surface area (Å²) in [4.78, 5) is 0. The Bertz CT molecular complexity index is 174. The van der Waals surface area contributed by atoms with Gasteiger partial charge in [-0.25, -0.2) is 0 Å². The van der Waals surface area contributed by atoms with E-state index in [-0.39, 0.29) is 36.7 Å². The van der Waals surface area contributed by atoms with Crippen LogP contribution in [0.3, 0.4) is 0 Å². The molecule has 9 heavy (non-hydrogen) atoms. The molecule has 0 amide bonds. The van der Waals surface area contributed by atoms with Gasteiger partial charge >= 0.3 is 29.6 Å². The van der Waals surface area contributed by atoms with Crippen LogP contribution in [0.25, 0.3) is 0 Å². The Labute approximate surface area is 82.4 Å². The van der Waals surface area contributed by atoms with E-state index in [1.165, 1.54) is 0 Å². The van der Waals surface area contributed by atoms with Crippen LogP contribution in [0.2, 0.25) is 5.02 Å². The summed E-state index contributed by atoms with van der Waals surface area (Å²) in [7, 11) is 0. The van der Waals surface area contributed by atoms with Crippen LogP contribution >= 0.6 is 11.6 Å². The van der Waals surface area contributed by atoms with Gasteiger partial charge in [0.05, 0.1) is 5.02 Å². The van der Waals surface area contributed by atoms with Gasteiger partial charge in [0.2, 0.25) is 0 Å². The van der Waals surface area contributed by atoms with Crippen LogP contribution in [0.15, 0.2) is 24.3 Å². The number of hydrogen-bond donors (Lipinski definition) is 1. The smallest absolute Gasteiger partial charge is 1.00 e. The molecule has 0 spiro atoms. The molecule has 0 aliphatic rings. The molecule has 1 aromatic carbocycles. The Morgan fingerprint density at radius 3 is 2.22 bits per heavy atom. The predicted molar refractivity (Wildman–Crippen MR) is 34.2 cm³/mol. The summed E-state index contributed by atoms with van der Waals surface area (Å²) in [5.41, 5.74) is 0. The Hall–Kier alpha value is 0.310. The molecule has 0 aliphatic heterocycles. The maximum Gasteiger partial charge on any atom is 1.00 e. The number of hydrogen-bond acceptors (Lipinski definition) is 1. The number of phenols is 1. The van der Waals surface area contributed by atoms with Crippen LogP contribution < -0.4 is 29.6 Å². The Balaban J connectivity index is 0. The van der Waals surface area contributed by atoms with Crippen LogP contribution in [0, 0.1) is 0 Å². The summed E-state index contributed by atoms with van der Waals surface area (Å²) >= 11 is 5.46. The van der Waals surface area contributed by atoms with E-state index in [1.807, 2.05) is 0 Å². The molecule has 0 saturated heterocycles. The molecule has 0 heterocycles. The largest absolute Gasteiger partial charge is 1.00 e. The van der Waals surface area contributed by atoms with Crippen molar-refractivity contribution in [1.29, 1.82) is 0 Å². The van der Waals surface area contributed by atoms with Gasteiger partial charge in [-0.05, 0) is 12.1 Å². The van der Waals surface area contributed by atoms with Crippen molar-refractivity contribution in [3.05, 3.63) is 29.3 Å². The van der Waals surface area contributed by atoms with E-state index in [4.69, 9.17) is 16.7 Å². The number of para-hydroxylation sites is 1. The summed E-state index contributed by atoms with van der Waals surface area (Å²) in [6, 6.07) is 6.67. The second-order valence-electron chi connectivity index (χ2n) is 1.45. The maximum atomic E-state index is 8.79. The standard InChI is InChI=1S/C6H5ClO.Na.H/c7-5-3-1-2-4-6(5)8;;/h1-4,8H;;/q;+1;-1. The van der Waals surface area contributed by atoms with Crippen LogP contribution in [0.1, 0.15) is 1.43 Å². The van der Waals surface area contributed by atoms with Crippen molar-refractivity contribution in [2.45, 2.75) is 0 Å². The molecule has 0 aliphatic carbocycles. The van der Waals surface area contributed by atoms with Crippen molar-refractivity contribution in [3.63, 3.8) is 0 Å². The van der Waals surface area contributed by atoms with Crippen LogP contribution in [0.4, 0.5) is 0 Å². The van der Waals surface area contributed by atoms with E-state index in [0.29, 0.717) is 5.02 Å². The summed E-state index contributed by atoms with van der Waals surface area (Å²) in [6.07, 6.45) is 0. The molecule has 0 unspecified atom stereocenters. The minimum absolute atomic E-state index is 0. The zero-order valence-corrected chi connectivity index (χ0v) is 7.89. The fourth-order valence-corrected chi connectivity index (χ4v) is 0.587. The number of aromatic hydroxyl groups is 1. The first kappa shape index (κ1) is 9.31. The van der Waals surface area contributed by atoms with Crippen molar-refractivity contribution in [3.8, 4) is 5.75 Å². The zero-order valence-electron chi connectivity index (χ0n) is 6.13. The van der Waals surface area contributed by atoms with Gasteiger partial charge in [0.25, 0.3) is 0 Å². The van der Waals surface area contributed by atoms with Gasteiger partial charge in [-0.1, -0.05) is 23.7 Å². The molecule has 0 saturated carbocycles. The minimum Gasteiger partial charge on any atom is -1.00 e. The van der Waals surface area contributed by atoms with Gasteiger partial charge < -0.3 is 6.53 Å². The van der Waals surface area contributed by atoms with Crippen molar-refractivity contribution in [2.24, 2.45) is 0 Å². The van der Waals surface area contributed by atoms with Crippen molar-refractivity contribution >= 4 is 11.6 Å². The molecule has 0 fully saturated rings. The SMILES string of the molecule is Oc1ccccc1Cl.[H-].[Na+]. The molecule has 0 aromatic heterocycles. The van der Waals surface area contributed by atoms with E-state index in [9.17, 15) is 0 Å². The third-order valence-corrected chi connectivity index (χ3v) is 1.17. The van der Waals surface area contributed by atoms with Gasteiger partial charge in [-0.2, -0.15) is 0 Å². The van der Waals surface area contributed by atoms with E-state index in [0.717, 1.165) is 0 Å². The molecular weight excluding hydrogens is 147 g/mol. The van der Waals surface area contributed by atoms with Crippen LogP contribution in [-0.4, -0.2) is 5.11 Å². The van der Waals surface area contributed by atoms with Crippen LogP contribution in [0.5, 0.6) is 5.75 Å². The molecule has 3 heteroatoms. The summed E-state index contributed by atoms with van der Waals surface area (Å²) in [5, 5.41) is 9.18. The molecule has 1 rings (SSSR count). The first-order chi connectivity index (χ1) is 3.80. The molecule has 0 bridgehead atoms. The van der Waals surface area contributed by atoms with Gasteiger partial charge in [0, 0.05) is 0 Å². The Morgan fingerprint density at radius 2 is 1.89 bits per heavy atom. The van der Waals surface area contributed by atoms with Gasteiger partial charge in [0.1, 0.15) is 5.75 Å². The first-order valence-electron chi connectivity index (χ1n) is 2.24. The number of benzene rings is 1. The molecule has 1 aromatic rings. The fourth-order valence-electron chi connectivity index (χ4n) is 0.452. The van der Waals surface area contributed by atoms with E-state index < -0.39 is 0 Å². The normalized spacial score (nSPS) is 8.11. The van der Waals surface area contributed by atoms with Gasteiger partial charge in [-0.15, -0.1) is 0 Å². The van der Waals surface area contributed by atoms with Crippen LogP contribution in [-0.2, 0) is 0 Å². The zero-order chi connectivity index (χ0) is 5.98. The van der Waals surface area contributed by atoms with Crippen molar-refractivity contribution in [2.75, 3.05) is 0 Å². The molecule has 0 atom stereocenters. The number of halogens is 1. The summed E-state index contributed by atoms with van der Waals surface area (Å²) in [6.45, 7) is 0. The monoisotopic (exact) mass is 152 g/mol. The molecule has 44 valence electrons. The quantitative estimate of drug-likeness (QED) is 0.481. The molecule has 1 nitrogen and oxygen atoms in total. The Kier molecular flexibility index (Phi) is 4.32. The second-order valence-corrected chi connectivity index (χ2v) is 1.86. The maximum absolute atomic E-state index is 8.79. The van der Waals surface area contributed by atoms with Crippen molar-refractivity contribution < 1.29 is 36.1 Å². The minimum atomic E-state index is 0. The first-order valence-corrected chi connectivity index (χ1v) is 2.62. The average molecular weight is 153 g/mol. The molecular formula is C6H6ClNaO. The number of phenolic OH excluding ortho intramolecular Hbond substituents is 1. The topological polar surface area (TPSA) is 20.2 Å². The van der Waals surface area contributed by atoms with E-state index in [2.05, 4.69) is 0 Å². The number of rotatable bonds is 0. The van der Waals surface area contributed by atoms with Gasteiger partial charge in [0.15, 0.2) is 0 Å². The summed E-state index contributed by atoms with van der Waals surface area (Å²) in [5.74, 6) is 0.133. The summed E-state index contributed by atoms with van der Waals surface area (Å²) < 4.78 is 0. The average Bonchev–Trinajstić information content (AvgIpc) is 1.77. The predicted octanol–water partition coefficient (Wildman–Crippen LogP) is -0.838. The van der Waals surface area contributed by atoms with E-state index >= 15 is 0 Å². The second kappa shape index (κ2) is 4.18. The van der Waals surface area contributed by atoms with E-state index in [1.54, 1.807) is 24.3 Å². The third-order valence-electron chi connectivity index (χ3n) is 0.852.